The van der Waals surface area contributed by atoms with Crippen LogP contribution in [0, 0.1) is 0 Å². The van der Waals surface area contributed by atoms with Crippen LogP contribution >= 0.6 is 0 Å². The molecule has 0 heterocycles. The molecule has 1 aliphatic carbocycles. The predicted octanol–water partition coefficient (Wildman–Crippen LogP) is 2.24. The van der Waals surface area contributed by atoms with Gasteiger partial charge in [-0.15, -0.1) is 0 Å². The molecule has 1 aromatic carbocycles. The standard InChI is InChI=1S/C10H10O2/c11-8-4-5-9-7(6-8)2-1-3-10(9)12/h3-6,11-12H,1-2H2. The number of rotatable bonds is 0. The predicted molar refractivity (Wildman–Crippen MR) is 47.0 cm³/mol. The Labute approximate surface area is 70.8 Å². The number of hydrogen-bond acceptors (Lipinski definition) is 2. The molecule has 0 saturated heterocycles. The van der Waals surface area contributed by atoms with Crippen LogP contribution in [0.4, 0.5) is 0 Å². The first-order valence-corrected chi connectivity index (χ1v) is 3.99. The Morgan fingerprint density at radius 3 is 2.83 bits per heavy atom. The van der Waals surface area contributed by atoms with Gasteiger partial charge in [-0.3, -0.25) is 0 Å². The minimum Gasteiger partial charge on any atom is -0.508 e. The Bertz CT molecular complexity index is 340. The number of fused-ring (bicyclic) bond motifs is 1. The number of hydrogen-bond donors (Lipinski definition) is 2. The number of allylic oxidation sites excluding steroid dienone is 1. The molecule has 12 heavy (non-hydrogen) atoms. The van der Waals surface area contributed by atoms with Crippen molar-refractivity contribution >= 4 is 5.76 Å². The SMILES string of the molecule is OC1=CCCc2cc(O)ccc21. The van der Waals surface area contributed by atoms with Crippen LogP contribution in [0.25, 0.3) is 5.76 Å². The van der Waals surface area contributed by atoms with E-state index in [1.165, 1.54) is 0 Å². The van der Waals surface area contributed by atoms with Crippen molar-refractivity contribution in [2.45, 2.75) is 12.8 Å². The third-order valence-corrected chi connectivity index (χ3v) is 2.12. The van der Waals surface area contributed by atoms with Crippen molar-refractivity contribution < 1.29 is 10.2 Å². The first-order valence-electron chi connectivity index (χ1n) is 3.99. The summed E-state index contributed by atoms with van der Waals surface area (Å²) in [5.41, 5.74) is 1.87. The van der Waals surface area contributed by atoms with E-state index in [1.54, 1.807) is 24.3 Å². The van der Waals surface area contributed by atoms with Gasteiger partial charge in [0.05, 0.1) is 0 Å². The second-order valence-corrected chi connectivity index (χ2v) is 2.97. The largest absolute Gasteiger partial charge is 0.508 e. The van der Waals surface area contributed by atoms with Crippen molar-refractivity contribution in [1.82, 2.24) is 0 Å². The van der Waals surface area contributed by atoms with Crippen LogP contribution in [0.1, 0.15) is 17.5 Å². The molecular weight excluding hydrogens is 152 g/mol. The number of aliphatic hydroxyl groups excluding tert-OH is 1. The fourth-order valence-corrected chi connectivity index (χ4v) is 1.51. The summed E-state index contributed by atoms with van der Waals surface area (Å²) in [7, 11) is 0. The number of aromatic hydroxyl groups is 1. The Morgan fingerprint density at radius 1 is 1.17 bits per heavy atom. The molecule has 2 N–H and O–H groups in total. The maximum Gasteiger partial charge on any atom is 0.119 e. The van der Waals surface area contributed by atoms with Crippen LogP contribution < -0.4 is 0 Å². The van der Waals surface area contributed by atoms with Crippen molar-refractivity contribution in [3.63, 3.8) is 0 Å². The molecular formula is C10H10O2. The van der Waals surface area contributed by atoms with Crippen molar-refractivity contribution in [2.24, 2.45) is 0 Å². The molecule has 2 heteroatoms. The van der Waals surface area contributed by atoms with Crippen LogP contribution in [-0.4, -0.2) is 10.2 Å². The summed E-state index contributed by atoms with van der Waals surface area (Å²) in [6, 6.07) is 5.04. The lowest BCUT2D eigenvalue weighted by Crippen LogP contribution is -1.98. The van der Waals surface area contributed by atoms with Crippen molar-refractivity contribution in [1.29, 1.82) is 0 Å². The van der Waals surface area contributed by atoms with E-state index in [-0.39, 0.29) is 5.75 Å². The van der Waals surface area contributed by atoms with E-state index < -0.39 is 0 Å². The molecule has 2 nitrogen and oxygen atoms in total. The van der Waals surface area contributed by atoms with Crippen LogP contribution in [0.5, 0.6) is 5.75 Å². The molecule has 0 saturated carbocycles. The molecule has 0 aromatic heterocycles. The van der Waals surface area contributed by atoms with Gasteiger partial charge in [0.15, 0.2) is 0 Å². The summed E-state index contributed by atoms with van der Waals surface area (Å²) in [5, 5.41) is 18.6. The minimum atomic E-state index is 0.267. The maximum atomic E-state index is 9.43. The number of benzene rings is 1. The van der Waals surface area contributed by atoms with Gasteiger partial charge in [0, 0.05) is 5.56 Å². The molecule has 0 spiro atoms. The van der Waals surface area contributed by atoms with Crippen molar-refractivity contribution in [2.75, 3.05) is 0 Å². The highest BCUT2D eigenvalue weighted by Gasteiger charge is 2.11. The van der Waals surface area contributed by atoms with Gasteiger partial charge in [-0.05, 0) is 42.7 Å². The van der Waals surface area contributed by atoms with E-state index in [9.17, 15) is 10.2 Å². The summed E-state index contributed by atoms with van der Waals surface area (Å²) < 4.78 is 0. The zero-order valence-electron chi connectivity index (χ0n) is 6.62. The first-order chi connectivity index (χ1) is 5.77. The average molecular weight is 162 g/mol. The van der Waals surface area contributed by atoms with Gasteiger partial charge < -0.3 is 10.2 Å². The van der Waals surface area contributed by atoms with E-state index in [1.807, 2.05) is 0 Å². The van der Waals surface area contributed by atoms with Crippen LogP contribution in [0.3, 0.4) is 0 Å². The second kappa shape index (κ2) is 2.55. The smallest absolute Gasteiger partial charge is 0.119 e. The van der Waals surface area contributed by atoms with Crippen LogP contribution in [-0.2, 0) is 6.42 Å². The quantitative estimate of drug-likeness (QED) is 0.614. The van der Waals surface area contributed by atoms with E-state index in [4.69, 9.17) is 0 Å². The second-order valence-electron chi connectivity index (χ2n) is 2.97. The molecule has 0 bridgehead atoms. The maximum absolute atomic E-state index is 9.43. The molecule has 62 valence electrons. The molecule has 1 aliphatic rings. The van der Waals surface area contributed by atoms with E-state index >= 15 is 0 Å². The Balaban J connectivity index is 2.56. The summed E-state index contributed by atoms with van der Waals surface area (Å²) in [6.45, 7) is 0. The van der Waals surface area contributed by atoms with E-state index in [2.05, 4.69) is 0 Å². The van der Waals surface area contributed by atoms with Crippen LogP contribution in [0.15, 0.2) is 24.3 Å². The molecule has 0 amide bonds. The first kappa shape index (κ1) is 7.22. The normalized spacial score (nSPS) is 15.2. The summed E-state index contributed by atoms with van der Waals surface area (Å²) in [6.07, 6.45) is 3.55. The van der Waals surface area contributed by atoms with Gasteiger partial charge in [0.1, 0.15) is 11.5 Å². The number of phenolic OH excluding ortho intramolecular Hbond substituents is 1. The minimum absolute atomic E-state index is 0.267. The Hall–Kier alpha value is -1.44. The molecule has 0 unspecified atom stereocenters. The van der Waals surface area contributed by atoms with Crippen molar-refractivity contribution in [3.8, 4) is 5.75 Å². The third-order valence-electron chi connectivity index (χ3n) is 2.12. The van der Waals surface area contributed by atoms with E-state index in [0.717, 1.165) is 24.0 Å². The Morgan fingerprint density at radius 2 is 2.00 bits per heavy atom. The average Bonchev–Trinajstić information content (AvgIpc) is 2.04. The highest BCUT2D eigenvalue weighted by atomic mass is 16.3. The third kappa shape index (κ3) is 1.05. The molecule has 0 aliphatic heterocycles. The fraction of sp³-hybridized carbons (Fsp3) is 0.200. The Kier molecular flexibility index (Phi) is 1.54. The number of aryl methyl sites for hydroxylation is 1. The highest BCUT2D eigenvalue weighted by Crippen LogP contribution is 2.27. The monoisotopic (exact) mass is 162 g/mol. The molecule has 0 fully saturated rings. The highest BCUT2D eigenvalue weighted by molar-refractivity contribution is 5.64. The summed E-state index contributed by atoms with van der Waals surface area (Å²) in [5.74, 6) is 0.597. The lowest BCUT2D eigenvalue weighted by Gasteiger charge is -2.13. The van der Waals surface area contributed by atoms with Gasteiger partial charge in [0.25, 0.3) is 0 Å². The molecule has 0 radical (unpaired) electrons. The molecule has 1 aromatic rings. The van der Waals surface area contributed by atoms with Gasteiger partial charge >= 0.3 is 0 Å². The van der Waals surface area contributed by atoms with Gasteiger partial charge in [-0.25, -0.2) is 0 Å². The van der Waals surface area contributed by atoms with Crippen LogP contribution in [0.2, 0.25) is 0 Å². The van der Waals surface area contributed by atoms with Crippen molar-refractivity contribution in [3.05, 3.63) is 35.4 Å². The summed E-state index contributed by atoms with van der Waals surface area (Å²) >= 11 is 0. The fourth-order valence-electron chi connectivity index (χ4n) is 1.51. The molecule has 0 atom stereocenters. The zero-order valence-corrected chi connectivity index (χ0v) is 6.62. The topological polar surface area (TPSA) is 40.5 Å². The summed E-state index contributed by atoms with van der Waals surface area (Å²) in [4.78, 5) is 0. The van der Waals surface area contributed by atoms with Gasteiger partial charge in [-0.2, -0.15) is 0 Å². The number of phenols is 1. The van der Waals surface area contributed by atoms with Gasteiger partial charge in [-0.1, -0.05) is 0 Å². The van der Waals surface area contributed by atoms with Gasteiger partial charge in [0.2, 0.25) is 0 Å². The number of aliphatic hydroxyl groups is 1. The van der Waals surface area contributed by atoms with E-state index in [0.29, 0.717) is 5.76 Å². The zero-order chi connectivity index (χ0) is 8.55. The molecule has 2 rings (SSSR count). The lowest BCUT2D eigenvalue weighted by atomic mass is 9.96. The lowest BCUT2D eigenvalue weighted by molar-refractivity contribution is 0.473.